The maximum atomic E-state index is 12.1. The van der Waals surface area contributed by atoms with Crippen LogP contribution < -0.4 is 22.3 Å². The Morgan fingerprint density at radius 1 is 1.31 bits per heavy atom. The van der Waals surface area contributed by atoms with Crippen LogP contribution in [0.3, 0.4) is 0 Å². The van der Waals surface area contributed by atoms with Gasteiger partial charge in [0.15, 0.2) is 5.65 Å². The zero-order valence-electron chi connectivity index (χ0n) is 15.4. The van der Waals surface area contributed by atoms with Gasteiger partial charge in [0.25, 0.3) is 5.91 Å². The zero-order valence-corrected chi connectivity index (χ0v) is 15.4. The molecule has 0 aromatic carbocycles. The number of likely N-dealkylation sites (N-methyl/N-ethyl adjacent to an activating group) is 1. The number of hydrazine groups is 1. The molecule has 6 N–H and O–H groups in total. The molecular formula is C15H20F3N9O2. The fourth-order valence-corrected chi connectivity index (χ4v) is 2.25. The van der Waals surface area contributed by atoms with Crippen LogP contribution in [-0.4, -0.2) is 50.5 Å². The Kier molecular flexibility index (Phi) is 6.93. The van der Waals surface area contributed by atoms with E-state index >= 15 is 0 Å². The lowest BCUT2D eigenvalue weighted by Gasteiger charge is -2.12. The number of alkyl halides is 3. The molecule has 0 saturated heterocycles. The van der Waals surface area contributed by atoms with Crippen molar-refractivity contribution in [3.63, 3.8) is 0 Å². The van der Waals surface area contributed by atoms with Gasteiger partial charge in [-0.15, -0.1) is 0 Å². The summed E-state index contributed by atoms with van der Waals surface area (Å²) >= 11 is 0. The fourth-order valence-electron chi connectivity index (χ4n) is 2.25. The molecule has 0 fully saturated rings. The van der Waals surface area contributed by atoms with E-state index in [1.165, 1.54) is 17.8 Å². The van der Waals surface area contributed by atoms with Gasteiger partial charge in [0.05, 0.1) is 31.1 Å². The van der Waals surface area contributed by atoms with Crippen LogP contribution in [0.2, 0.25) is 0 Å². The number of rotatable bonds is 6. The van der Waals surface area contributed by atoms with Gasteiger partial charge in [-0.05, 0) is 11.6 Å². The molecule has 2 aromatic heterocycles. The van der Waals surface area contributed by atoms with Gasteiger partial charge in [-0.1, -0.05) is 0 Å². The normalized spacial score (nSPS) is 12.1. The molecule has 2 heterocycles. The lowest BCUT2D eigenvalue weighted by Crippen LogP contribution is -2.45. The number of imidazole rings is 1. The van der Waals surface area contributed by atoms with Gasteiger partial charge in [0.1, 0.15) is 0 Å². The van der Waals surface area contributed by atoms with Crippen molar-refractivity contribution in [1.82, 2.24) is 30.2 Å². The number of hydrogen-bond donors (Lipinski definition) is 4. The van der Waals surface area contributed by atoms with E-state index in [0.717, 1.165) is 5.01 Å². The summed E-state index contributed by atoms with van der Waals surface area (Å²) in [5, 5.41) is 13.3. The zero-order chi connectivity index (χ0) is 21.6. The number of amidine groups is 1. The number of nitrogens with zero attached hydrogens (tertiary/aromatic N) is 5. The topological polar surface area (TPSA) is 156 Å². The Morgan fingerprint density at radius 2 is 2.03 bits per heavy atom. The van der Waals surface area contributed by atoms with Crippen molar-refractivity contribution in [2.24, 2.45) is 16.8 Å². The molecule has 0 spiro atoms. The van der Waals surface area contributed by atoms with Crippen LogP contribution in [0.5, 0.6) is 0 Å². The van der Waals surface area contributed by atoms with Crippen LogP contribution >= 0.6 is 0 Å². The summed E-state index contributed by atoms with van der Waals surface area (Å²) in [4.78, 5) is 27.7. The van der Waals surface area contributed by atoms with Crippen molar-refractivity contribution in [3.05, 3.63) is 29.7 Å². The maximum Gasteiger partial charge on any atom is 0.389 e. The first-order chi connectivity index (χ1) is 13.6. The number of nitrogens with two attached hydrogens (primary N) is 2. The smallest absolute Gasteiger partial charge is 0.352 e. The Hall–Kier alpha value is -3.42. The minimum absolute atomic E-state index is 0.0122. The summed E-state index contributed by atoms with van der Waals surface area (Å²) in [7, 11) is 1.41. The monoisotopic (exact) mass is 415 g/mol. The molecule has 0 bridgehead atoms. The number of carbonyl (C=O) groups is 2. The number of fused-ring (bicyclic) bond motifs is 1. The predicted molar refractivity (Wildman–Crippen MR) is 95.5 cm³/mol. The molecule has 158 valence electrons. The Morgan fingerprint density at radius 3 is 2.66 bits per heavy atom. The summed E-state index contributed by atoms with van der Waals surface area (Å²) in [5.41, 5.74) is 1.47. The lowest BCUT2D eigenvalue weighted by molar-refractivity contribution is -0.144. The molecule has 29 heavy (non-hydrogen) atoms. The number of aromatic nitrogens is 3. The van der Waals surface area contributed by atoms with Gasteiger partial charge in [-0.2, -0.15) is 23.4 Å². The van der Waals surface area contributed by atoms with Crippen molar-refractivity contribution in [2.75, 3.05) is 7.05 Å². The van der Waals surface area contributed by atoms with Gasteiger partial charge < -0.3 is 16.5 Å². The fraction of sp³-hybridized carbons (Fsp3) is 0.400. The number of hydrogen-bond acceptors (Lipinski definition) is 7. The van der Waals surface area contributed by atoms with E-state index in [1.807, 2.05) is 0 Å². The van der Waals surface area contributed by atoms with Crippen LogP contribution in [0.4, 0.5) is 13.2 Å². The number of carbonyl (C=O) groups excluding carboxylic acids is 2. The molecule has 14 heteroatoms. The van der Waals surface area contributed by atoms with Crippen molar-refractivity contribution < 1.29 is 22.8 Å². The molecular weight excluding hydrogens is 395 g/mol. The van der Waals surface area contributed by atoms with Gasteiger partial charge in [0, 0.05) is 20.0 Å². The second-order valence-corrected chi connectivity index (χ2v) is 6.04. The molecule has 0 aliphatic rings. The van der Waals surface area contributed by atoms with Gasteiger partial charge in [0.2, 0.25) is 11.7 Å². The Balaban J connectivity index is 1.94. The third-order valence-corrected chi connectivity index (χ3v) is 3.64. The summed E-state index contributed by atoms with van der Waals surface area (Å²) in [6, 6.07) is 1.61. The van der Waals surface area contributed by atoms with Crippen LogP contribution in [0.1, 0.15) is 24.1 Å². The van der Waals surface area contributed by atoms with Crippen LogP contribution in [0.15, 0.2) is 23.6 Å². The highest BCUT2D eigenvalue weighted by Crippen LogP contribution is 2.21. The number of halogens is 3. The lowest BCUT2D eigenvalue weighted by atomic mass is 10.2. The third kappa shape index (κ3) is 6.60. The minimum Gasteiger partial charge on any atom is -0.352 e. The van der Waals surface area contributed by atoms with E-state index in [4.69, 9.17) is 11.7 Å². The number of amides is 2. The van der Waals surface area contributed by atoms with E-state index in [-0.39, 0.29) is 18.9 Å². The Labute approximate surface area is 162 Å². The molecule has 2 rings (SSSR count). The van der Waals surface area contributed by atoms with Crippen LogP contribution in [0.25, 0.3) is 5.65 Å². The van der Waals surface area contributed by atoms with E-state index in [9.17, 15) is 22.8 Å². The van der Waals surface area contributed by atoms with Gasteiger partial charge in [-0.3, -0.25) is 14.6 Å². The molecule has 11 nitrogen and oxygen atoms in total. The molecule has 2 amide bonds. The first-order valence-corrected chi connectivity index (χ1v) is 8.30. The van der Waals surface area contributed by atoms with Crippen LogP contribution in [-0.2, 0) is 22.7 Å². The van der Waals surface area contributed by atoms with E-state index in [1.54, 1.807) is 12.3 Å². The molecule has 0 aliphatic heterocycles. The molecule has 0 saturated carbocycles. The first kappa shape index (κ1) is 21.9. The highest BCUT2D eigenvalue weighted by Gasteiger charge is 2.27. The SMILES string of the molecule is CN(N)/C(=N\N)C(=O)NCc1cn2ncc(CNC(=O)CCC(F)(F)F)cc2n1. The van der Waals surface area contributed by atoms with Gasteiger partial charge in [-0.25, -0.2) is 15.3 Å². The predicted octanol–water partition coefficient (Wildman–Crippen LogP) is -0.618. The summed E-state index contributed by atoms with van der Waals surface area (Å²) < 4.78 is 37.8. The van der Waals surface area contributed by atoms with E-state index in [2.05, 4.69) is 25.8 Å². The van der Waals surface area contributed by atoms with E-state index in [0.29, 0.717) is 16.9 Å². The molecule has 0 radical (unpaired) electrons. The average Bonchev–Trinajstić information content (AvgIpc) is 3.04. The second kappa shape index (κ2) is 9.18. The Bertz CT molecular complexity index is 908. The first-order valence-electron chi connectivity index (χ1n) is 8.30. The largest absolute Gasteiger partial charge is 0.389 e. The highest BCUT2D eigenvalue weighted by molar-refractivity contribution is 6.37. The third-order valence-electron chi connectivity index (χ3n) is 3.64. The standard InChI is InChI=1S/C15H20F3N9O2/c1-26(20)13(25-19)14(29)22-7-10-8-27-11(24-10)4-9(6-23-27)5-21-12(28)2-3-15(16,17)18/h4,6,8H,2-3,5,7,19-20H2,1H3,(H,21,28)(H,22,29)/b25-13-. The van der Waals surface area contributed by atoms with Crippen molar-refractivity contribution in [1.29, 1.82) is 0 Å². The molecule has 0 atom stereocenters. The van der Waals surface area contributed by atoms with Crippen LogP contribution in [0, 0.1) is 0 Å². The van der Waals surface area contributed by atoms with Crippen molar-refractivity contribution in [2.45, 2.75) is 32.1 Å². The quantitative estimate of drug-likeness (QED) is 0.212. The molecule has 0 aliphatic carbocycles. The van der Waals surface area contributed by atoms with Crippen molar-refractivity contribution in [3.8, 4) is 0 Å². The van der Waals surface area contributed by atoms with Gasteiger partial charge >= 0.3 is 6.18 Å². The molecule has 2 aromatic rings. The number of nitrogens with one attached hydrogen (secondary N) is 2. The number of hydrazone groups is 1. The second-order valence-electron chi connectivity index (χ2n) is 6.04. The molecule has 0 unspecified atom stereocenters. The van der Waals surface area contributed by atoms with E-state index < -0.39 is 30.8 Å². The average molecular weight is 415 g/mol. The minimum atomic E-state index is -4.38. The summed E-state index contributed by atoms with van der Waals surface area (Å²) in [6.45, 7) is 0.0663. The highest BCUT2D eigenvalue weighted by atomic mass is 19.4. The maximum absolute atomic E-state index is 12.1. The van der Waals surface area contributed by atoms with Crippen molar-refractivity contribution >= 4 is 23.3 Å². The summed E-state index contributed by atoms with van der Waals surface area (Å²) in [5.74, 6) is 9.06. The summed E-state index contributed by atoms with van der Waals surface area (Å²) in [6.07, 6.45) is -3.17.